The van der Waals surface area contributed by atoms with Crippen molar-refractivity contribution >= 4 is 11.9 Å². The number of rotatable bonds is 8. The average Bonchev–Trinajstić information content (AvgIpc) is 2.37. The van der Waals surface area contributed by atoms with Crippen molar-refractivity contribution in [3.63, 3.8) is 0 Å². The third-order valence-electron chi connectivity index (χ3n) is 2.98. The van der Waals surface area contributed by atoms with Gasteiger partial charge in [-0.3, -0.25) is 9.59 Å². The second-order valence-corrected chi connectivity index (χ2v) is 4.78. The van der Waals surface area contributed by atoms with Crippen molar-refractivity contribution < 1.29 is 19.1 Å². The van der Waals surface area contributed by atoms with E-state index in [1.807, 2.05) is 6.92 Å². The summed E-state index contributed by atoms with van der Waals surface area (Å²) in [6.07, 6.45) is 2.18. The van der Waals surface area contributed by atoms with E-state index >= 15 is 0 Å². The highest BCUT2D eigenvalue weighted by atomic mass is 19.1. The molecule has 0 aliphatic rings. The molecule has 5 heteroatoms. The first-order valence-corrected chi connectivity index (χ1v) is 6.77. The Labute approximate surface area is 118 Å². The van der Waals surface area contributed by atoms with E-state index in [9.17, 15) is 14.0 Å². The minimum atomic E-state index is -0.915. The number of carbonyl (C=O) groups is 2. The Hall–Kier alpha value is -1.91. The Balaban J connectivity index is 2.41. The number of nitrogens with one attached hydrogen (secondary N) is 1. The van der Waals surface area contributed by atoms with Crippen molar-refractivity contribution in [2.75, 3.05) is 0 Å². The number of aryl methyl sites for hydroxylation is 1. The first-order valence-electron chi connectivity index (χ1n) is 6.77. The molecule has 0 saturated carbocycles. The monoisotopic (exact) mass is 281 g/mol. The molecule has 1 aromatic rings. The molecule has 0 spiro atoms. The Bertz CT molecular complexity index is 445. The molecule has 0 fully saturated rings. The lowest BCUT2D eigenvalue weighted by Gasteiger charge is -2.16. The van der Waals surface area contributed by atoms with E-state index in [0.29, 0.717) is 12.8 Å². The molecule has 0 heterocycles. The van der Waals surface area contributed by atoms with E-state index in [0.717, 1.165) is 12.0 Å². The van der Waals surface area contributed by atoms with Crippen LogP contribution in [0.25, 0.3) is 0 Å². The summed E-state index contributed by atoms with van der Waals surface area (Å²) < 4.78 is 12.7. The molecule has 2 N–H and O–H groups in total. The second kappa shape index (κ2) is 8.30. The molecule has 110 valence electrons. The zero-order valence-electron chi connectivity index (χ0n) is 11.6. The van der Waals surface area contributed by atoms with Crippen LogP contribution in [0.2, 0.25) is 0 Å². The highest BCUT2D eigenvalue weighted by Gasteiger charge is 2.14. The highest BCUT2D eigenvalue weighted by Crippen LogP contribution is 2.07. The molecule has 4 nitrogen and oxygen atoms in total. The van der Waals surface area contributed by atoms with Gasteiger partial charge in [0.15, 0.2) is 0 Å². The van der Waals surface area contributed by atoms with Crippen LogP contribution in [0.4, 0.5) is 4.39 Å². The number of hydrogen-bond acceptors (Lipinski definition) is 2. The summed E-state index contributed by atoms with van der Waals surface area (Å²) in [6, 6.07) is 5.68. The summed E-state index contributed by atoms with van der Waals surface area (Å²) >= 11 is 0. The molecule has 0 aromatic heterocycles. The van der Waals surface area contributed by atoms with E-state index in [1.54, 1.807) is 12.1 Å². The molecule has 20 heavy (non-hydrogen) atoms. The summed E-state index contributed by atoms with van der Waals surface area (Å²) in [6.45, 7) is 1.94. The van der Waals surface area contributed by atoms with Gasteiger partial charge in [-0.2, -0.15) is 0 Å². The van der Waals surface area contributed by atoms with E-state index in [2.05, 4.69) is 5.32 Å². The molecule has 1 atom stereocenters. The minimum absolute atomic E-state index is 0.0594. The lowest BCUT2D eigenvalue weighted by molar-refractivity contribution is -0.137. The molecule has 1 aromatic carbocycles. The highest BCUT2D eigenvalue weighted by molar-refractivity contribution is 5.77. The van der Waals surface area contributed by atoms with Gasteiger partial charge in [-0.05, 0) is 30.5 Å². The summed E-state index contributed by atoms with van der Waals surface area (Å²) in [5.41, 5.74) is 0.881. The molecular formula is C15H20FNO3. The van der Waals surface area contributed by atoms with Gasteiger partial charge >= 0.3 is 5.97 Å². The molecule has 1 rings (SSSR count). The SMILES string of the molecule is CCCC(CC(=O)O)NC(=O)CCc1ccc(F)cc1. The fourth-order valence-corrected chi connectivity index (χ4v) is 1.99. The van der Waals surface area contributed by atoms with Gasteiger partial charge in [-0.1, -0.05) is 25.5 Å². The first kappa shape index (κ1) is 16.1. The Morgan fingerprint density at radius 3 is 2.50 bits per heavy atom. The molecular weight excluding hydrogens is 261 g/mol. The van der Waals surface area contributed by atoms with Crippen LogP contribution in [-0.2, 0) is 16.0 Å². The van der Waals surface area contributed by atoms with Crippen molar-refractivity contribution in [1.29, 1.82) is 0 Å². The number of benzene rings is 1. The first-order chi connectivity index (χ1) is 9.51. The number of hydrogen-bond donors (Lipinski definition) is 2. The van der Waals surface area contributed by atoms with Crippen LogP contribution in [0.1, 0.15) is 38.2 Å². The average molecular weight is 281 g/mol. The van der Waals surface area contributed by atoms with Gasteiger partial charge in [-0.15, -0.1) is 0 Å². The third-order valence-corrected chi connectivity index (χ3v) is 2.98. The van der Waals surface area contributed by atoms with Crippen molar-refractivity contribution in [3.05, 3.63) is 35.6 Å². The van der Waals surface area contributed by atoms with E-state index in [-0.39, 0.29) is 30.6 Å². The van der Waals surface area contributed by atoms with Crippen LogP contribution < -0.4 is 5.32 Å². The van der Waals surface area contributed by atoms with Gasteiger partial charge in [0.2, 0.25) is 5.91 Å². The number of amides is 1. The lowest BCUT2D eigenvalue weighted by Crippen LogP contribution is -2.36. The smallest absolute Gasteiger partial charge is 0.305 e. The number of carboxylic acid groups (broad SMARTS) is 1. The van der Waals surface area contributed by atoms with E-state index < -0.39 is 5.97 Å². The van der Waals surface area contributed by atoms with E-state index in [4.69, 9.17) is 5.11 Å². The van der Waals surface area contributed by atoms with Gasteiger partial charge in [0.05, 0.1) is 6.42 Å². The number of carbonyl (C=O) groups excluding carboxylic acids is 1. The largest absolute Gasteiger partial charge is 0.481 e. The summed E-state index contributed by atoms with van der Waals surface area (Å²) in [5.74, 6) is -1.39. The van der Waals surface area contributed by atoms with Crippen LogP contribution in [0, 0.1) is 5.82 Å². The van der Waals surface area contributed by atoms with Crippen LogP contribution >= 0.6 is 0 Å². The van der Waals surface area contributed by atoms with Gasteiger partial charge in [0, 0.05) is 12.5 Å². The Kier molecular flexibility index (Phi) is 6.70. The fourth-order valence-electron chi connectivity index (χ4n) is 1.99. The maximum absolute atomic E-state index is 12.7. The van der Waals surface area contributed by atoms with Crippen LogP contribution in [0.3, 0.4) is 0 Å². The number of carboxylic acids is 1. The lowest BCUT2D eigenvalue weighted by atomic mass is 10.1. The predicted molar refractivity (Wildman–Crippen MR) is 73.8 cm³/mol. The third kappa shape index (κ3) is 6.31. The number of aliphatic carboxylic acids is 1. The normalized spacial score (nSPS) is 11.9. The molecule has 1 amide bonds. The van der Waals surface area contributed by atoms with Gasteiger partial charge in [0.1, 0.15) is 5.82 Å². The van der Waals surface area contributed by atoms with Crippen LogP contribution in [0.5, 0.6) is 0 Å². The minimum Gasteiger partial charge on any atom is -0.481 e. The maximum Gasteiger partial charge on any atom is 0.305 e. The van der Waals surface area contributed by atoms with Gasteiger partial charge in [-0.25, -0.2) is 4.39 Å². The zero-order valence-corrected chi connectivity index (χ0v) is 11.6. The summed E-state index contributed by atoms with van der Waals surface area (Å²) in [5, 5.41) is 11.5. The fraction of sp³-hybridized carbons (Fsp3) is 0.467. The van der Waals surface area contributed by atoms with Crippen molar-refractivity contribution in [2.45, 2.75) is 45.1 Å². The molecule has 0 aliphatic heterocycles. The predicted octanol–water partition coefficient (Wildman–Crippen LogP) is 2.52. The maximum atomic E-state index is 12.7. The molecule has 0 aliphatic carbocycles. The van der Waals surface area contributed by atoms with Crippen molar-refractivity contribution in [2.24, 2.45) is 0 Å². The zero-order chi connectivity index (χ0) is 15.0. The topological polar surface area (TPSA) is 66.4 Å². The van der Waals surface area contributed by atoms with Gasteiger partial charge in [0.25, 0.3) is 0 Å². The second-order valence-electron chi connectivity index (χ2n) is 4.78. The summed E-state index contributed by atoms with van der Waals surface area (Å²) in [7, 11) is 0. The quantitative estimate of drug-likeness (QED) is 0.769. The molecule has 0 saturated heterocycles. The van der Waals surface area contributed by atoms with Crippen LogP contribution in [-0.4, -0.2) is 23.0 Å². The summed E-state index contributed by atoms with van der Waals surface area (Å²) in [4.78, 5) is 22.5. The Morgan fingerprint density at radius 1 is 1.30 bits per heavy atom. The molecule has 1 unspecified atom stereocenters. The molecule has 0 radical (unpaired) electrons. The standard InChI is InChI=1S/C15H20FNO3/c1-2-3-13(10-15(19)20)17-14(18)9-6-11-4-7-12(16)8-5-11/h4-5,7-8,13H,2-3,6,9-10H2,1H3,(H,17,18)(H,19,20). The van der Waals surface area contributed by atoms with Crippen molar-refractivity contribution in [1.82, 2.24) is 5.32 Å². The number of halogens is 1. The van der Waals surface area contributed by atoms with Crippen molar-refractivity contribution in [3.8, 4) is 0 Å². The molecule has 0 bridgehead atoms. The van der Waals surface area contributed by atoms with E-state index in [1.165, 1.54) is 12.1 Å². The van der Waals surface area contributed by atoms with Crippen LogP contribution in [0.15, 0.2) is 24.3 Å². The van der Waals surface area contributed by atoms with Gasteiger partial charge < -0.3 is 10.4 Å². The Morgan fingerprint density at radius 2 is 1.95 bits per heavy atom.